The van der Waals surface area contributed by atoms with Crippen molar-refractivity contribution in [3.63, 3.8) is 0 Å². The number of nitrogens with zero attached hydrogens (tertiary/aromatic N) is 2. The highest BCUT2D eigenvalue weighted by atomic mass is 32.2. The molecule has 4 aromatic rings. The van der Waals surface area contributed by atoms with Crippen molar-refractivity contribution in [1.82, 2.24) is 4.31 Å². The van der Waals surface area contributed by atoms with Gasteiger partial charge >= 0.3 is 5.97 Å². The summed E-state index contributed by atoms with van der Waals surface area (Å²) in [5.41, 5.74) is 1.75. The topological polar surface area (TPSA) is 127 Å². The summed E-state index contributed by atoms with van der Waals surface area (Å²) in [6, 6.07) is 28.7. The monoisotopic (exact) mass is 611 g/mol. The minimum absolute atomic E-state index is 0.0479. The highest BCUT2D eigenvalue weighted by Crippen LogP contribution is 2.31. The van der Waals surface area contributed by atoms with Gasteiger partial charge in [-0.1, -0.05) is 36.4 Å². The highest BCUT2D eigenvalue weighted by molar-refractivity contribution is 7.97. The van der Waals surface area contributed by atoms with Crippen LogP contribution in [-0.4, -0.2) is 40.5 Å². The van der Waals surface area contributed by atoms with Gasteiger partial charge in [-0.2, -0.15) is 0 Å². The number of rotatable bonds is 10. The molecule has 0 unspecified atom stereocenters. The molecule has 11 heteroatoms. The molecule has 0 aliphatic carbocycles. The second kappa shape index (κ2) is 15.9. The Bertz CT molecular complexity index is 1600. The maximum atomic E-state index is 12.5. The molecule has 0 atom stereocenters. The molecule has 1 heterocycles. The van der Waals surface area contributed by atoms with Crippen LogP contribution in [0.15, 0.2) is 102 Å². The third-order valence-electron chi connectivity index (χ3n) is 6.66. The van der Waals surface area contributed by atoms with Gasteiger partial charge in [0.15, 0.2) is 5.69 Å². The molecule has 10 nitrogen and oxygen atoms in total. The first kappa shape index (κ1) is 31.7. The van der Waals surface area contributed by atoms with Gasteiger partial charge in [0, 0.05) is 27.9 Å². The van der Waals surface area contributed by atoms with Crippen LogP contribution in [0.2, 0.25) is 0 Å². The number of piperidine rings is 1. The van der Waals surface area contributed by atoms with Gasteiger partial charge in [-0.25, -0.2) is 13.9 Å². The molecular weight excluding hydrogens is 582 g/mol. The molecule has 1 aliphatic heterocycles. The standard InChI is InChI=1S/C33H29N3O5S.O2/c1-34-24-5-4-6-29(22-24)42-36-19-17-28(18-20-36)41-27-15-13-26(14-16-27)40-25-11-9-23(10-12-25)21-32(37)35-31-8-3-2-7-30(31)33(38)39;1-2/h2-16,22,28H,17-21H2,(H,35,37)(H,38,39);. The Kier molecular flexibility index (Phi) is 11.5. The first-order valence-electron chi connectivity index (χ1n) is 13.7. The van der Waals surface area contributed by atoms with Crippen LogP contribution in [0.25, 0.3) is 4.85 Å². The van der Waals surface area contributed by atoms with E-state index in [4.69, 9.17) is 26.0 Å². The second-order valence-corrected chi connectivity index (χ2v) is 10.9. The Morgan fingerprint density at radius 2 is 1.52 bits per heavy atom. The minimum atomic E-state index is -1.09. The number of nitrogens with one attached hydrogen (secondary N) is 1. The van der Waals surface area contributed by atoms with Crippen molar-refractivity contribution in [2.45, 2.75) is 30.3 Å². The lowest BCUT2D eigenvalue weighted by Crippen LogP contribution is -2.34. The Morgan fingerprint density at radius 3 is 2.18 bits per heavy atom. The van der Waals surface area contributed by atoms with Gasteiger partial charge < -0.3 is 19.9 Å². The van der Waals surface area contributed by atoms with E-state index in [1.54, 1.807) is 42.3 Å². The number of para-hydroxylation sites is 1. The van der Waals surface area contributed by atoms with Crippen LogP contribution in [0.1, 0.15) is 28.8 Å². The number of anilines is 1. The molecule has 0 aromatic heterocycles. The number of carboxylic acids is 1. The highest BCUT2D eigenvalue weighted by Gasteiger charge is 2.21. The molecule has 0 saturated carbocycles. The predicted molar refractivity (Wildman–Crippen MR) is 169 cm³/mol. The quantitative estimate of drug-likeness (QED) is 0.138. The predicted octanol–water partition coefficient (Wildman–Crippen LogP) is 7.53. The van der Waals surface area contributed by atoms with Crippen molar-refractivity contribution in [2.24, 2.45) is 0 Å². The summed E-state index contributed by atoms with van der Waals surface area (Å²) in [7, 11) is 0. The van der Waals surface area contributed by atoms with Crippen molar-refractivity contribution in [3.05, 3.63) is 130 Å². The van der Waals surface area contributed by atoms with Gasteiger partial charge in [-0.15, -0.1) is 0 Å². The third kappa shape index (κ3) is 9.16. The van der Waals surface area contributed by atoms with Crippen LogP contribution in [0.3, 0.4) is 0 Å². The number of benzene rings is 4. The summed E-state index contributed by atoms with van der Waals surface area (Å²) >= 11 is 1.69. The summed E-state index contributed by atoms with van der Waals surface area (Å²) in [5.74, 6) is 0.707. The van der Waals surface area contributed by atoms with E-state index >= 15 is 0 Å². The number of hydrogen-bond donors (Lipinski definition) is 2. The summed E-state index contributed by atoms with van der Waals surface area (Å²) in [4.78, 5) is 42.4. The molecule has 1 fully saturated rings. The zero-order valence-corrected chi connectivity index (χ0v) is 24.4. The van der Waals surface area contributed by atoms with E-state index in [9.17, 15) is 14.7 Å². The maximum absolute atomic E-state index is 12.5. The van der Waals surface area contributed by atoms with Crippen LogP contribution in [0.5, 0.6) is 17.2 Å². The molecule has 4 aromatic carbocycles. The summed E-state index contributed by atoms with van der Waals surface area (Å²) in [5, 5.41) is 12.0. The Balaban J connectivity index is 0.00000216. The molecule has 0 spiro atoms. The smallest absolute Gasteiger partial charge is 0.337 e. The largest absolute Gasteiger partial charge is 0.490 e. The van der Waals surface area contributed by atoms with Crippen molar-refractivity contribution in [1.29, 1.82) is 0 Å². The van der Waals surface area contributed by atoms with Gasteiger partial charge in [-0.3, -0.25) is 4.79 Å². The van der Waals surface area contributed by atoms with Gasteiger partial charge in [0.05, 0.1) is 24.2 Å². The molecule has 224 valence electrons. The number of carbonyl (C=O) groups is 2. The Morgan fingerprint density at radius 1 is 0.886 bits per heavy atom. The molecule has 5 rings (SSSR count). The van der Waals surface area contributed by atoms with E-state index < -0.39 is 5.97 Å². The molecule has 1 saturated heterocycles. The second-order valence-electron chi connectivity index (χ2n) is 9.74. The average molecular weight is 612 g/mol. The lowest BCUT2D eigenvalue weighted by atomic mass is 10.1. The normalized spacial score (nSPS) is 13.1. The van der Waals surface area contributed by atoms with E-state index in [0.717, 1.165) is 42.1 Å². The fourth-order valence-electron chi connectivity index (χ4n) is 4.55. The van der Waals surface area contributed by atoms with E-state index in [2.05, 4.69) is 14.5 Å². The molecular formula is C33H29N3O7S. The van der Waals surface area contributed by atoms with Crippen molar-refractivity contribution >= 4 is 35.2 Å². The Hall–Kier alpha value is -5.18. The van der Waals surface area contributed by atoms with E-state index in [-0.39, 0.29) is 29.7 Å². The van der Waals surface area contributed by atoms with E-state index in [1.807, 2.05) is 60.7 Å². The number of aromatic carboxylic acids is 1. The fourth-order valence-corrected chi connectivity index (χ4v) is 5.55. The first-order valence-corrected chi connectivity index (χ1v) is 14.5. The zero-order chi connectivity index (χ0) is 31.3. The van der Waals surface area contributed by atoms with Crippen LogP contribution in [0, 0.1) is 16.5 Å². The van der Waals surface area contributed by atoms with E-state index in [0.29, 0.717) is 17.2 Å². The number of ether oxygens (including phenoxy) is 2. The van der Waals surface area contributed by atoms with Crippen LogP contribution in [0.4, 0.5) is 11.4 Å². The average Bonchev–Trinajstić information content (AvgIpc) is 3.05. The molecule has 1 aliphatic rings. The van der Waals surface area contributed by atoms with Crippen LogP contribution < -0.4 is 14.8 Å². The first-order chi connectivity index (χ1) is 21.4. The van der Waals surface area contributed by atoms with E-state index in [1.165, 1.54) is 6.07 Å². The van der Waals surface area contributed by atoms with Gasteiger partial charge in [-0.05, 0) is 91.0 Å². The van der Waals surface area contributed by atoms with Crippen LogP contribution >= 0.6 is 11.9 Å². The number of hydrogen-bond acceptors (Lipinski definition) is 8. The zero-order valence-electron chi connectivity index (χ0n) is 23.5. The molecule has 0 bridgehead atoms. The lowest BCUT2D eigenvalue weighted by molar-refractivity contribution is -0.115. The lowest BCUT2D eigenvalue weighted by Gasteiger charge is -2.31. The van der Waals surface area contributed by atoms with Gasteiger partial charge in [0.2, 0.25) is 5.91 Å². The number of carbonyl (C=O) groups excluding carboxylic acids is 1. The van der Waals surface area contributed by atoms with Crippen molar-refractivity contribution in [3.8, 4) is 17.2 Å². The number of carboxylic acid groups (broad SMARTS) is 1. The van der Waals surface area contributed by atoms with Crippen molar-refractivity contribution in [2.75, 3.05) is 18.4 Å². The summed E-state index contributed by atoms with van der Waals surface area (Å²) in [6.45, 7) is 9.00. The summed E-state index contributed by atoms with van der Waals surface area (Å²) in [6.07, 6.45) is 2.09. The molecule has 1 amide bonds. The fraction of sp³-hybridized carbons (Fsp3) is 0.182. The molecule has 2 N–H and O–H groups in total. The third-order valence-corrected chi connectivity index (χ3v) is 7.75. The maximum Gasteiger partial charge on any atom is 0.337 e. The van der Waals surface area contributed by atoms with Crippen molar-refractivity contribution < 1.29 is 24.2 Å². The molecule has 0 radical (unpaired) electrons. The van der Waals surface area contributed by atoms with Crippen LogP contribution in [-0.2, 0) is 11.2 Å². The molecule has 44 heavy (non-hydrogen) atoms. The SMILES string of the molecule is O=O.[C-]#[N+]c1cccc(SN2CCC(Oc3ccc(Oc4ccc(CC(=O)Nc5ccccc5C(=O)O)cc4)cc3)CC2)c1. The summed E-state index contributed by atoms with van der Waals surface area (Å²) < 4.78 is 14.5. The van der Waals surface area contributed by atoms with Gasteiger partial charge in [0.25, 0.3) is 0 Å². The van der Waals surface area contributed by atoms with Gasteiger partial charge in [0.1, 0.15) is 23.4 Å². The number of amides is 1. The minimum Gasteiger partial charge on any atom is -0.490 e. The Labute approximate surface area is 258 Å².